The maximum absolute atomic E-state index is 12.5. The molecule has 0 radical (unpaired) electrons. The van der Waals surface area contributed by atoms with Gasteiger partial charge in [0.25, 0.3) is 0 Å². The van der Waals surface area contributed by atoms with E-state index in [1.54, 1.807) is 13.8 Å². The van der Waals surface area contributed by atoms with Gasteiger partial charge in [-0.15, -0.1) is 0 Å². The van der Waals surface area contributed by atoms with E-state index in [2.05, 4.69) is 6.07 Å². The Bertz CT molecular complexity index is 787. The molecule has 0 saturated carbocycles. The molecule has 26 heavy (non-hydrogen) atoms. The van der Waals surface area contributed by atoms with Crippen LogP contribution in [0.1, 0.15) is 44.7 Å². The van der Waals surface area contributed by atoms with Crippen molar-refractivity contribution in [2.75, 3.05) is 6.61 Å². The summed E-state index contributed by atoms with van der Waals surface area (Å²) in [6, 6.07) is 9.64. The van der Waals surface area contributed by atoms with Crippen LogP contribution in [0.3, 0.4) is 0 Å². The molecule has 1 unspecified atom stereocenters. The van der Waals surface area contributed by atoms with E-state index in [1.165, 1.54) is 0 Å². The first-order valence-corrected chi connectivity index (χ1v) is 8.54. The molecular weight excluding hydrogens is 332 g/mol. The lowest BCUT2D eigenvalue weighted by atomic mass is 9.82. The van der Waals surface area contributed by atoms with Crippen molar-refractivity contribution in [1.82, 2.24) is 0 Å². The fourth-order valence-corrected chi connectivity index (χ4v) is 2.81. The largest absolute Gasteiger partial charge is 0.463 e. The summed E-state index contributed by atoms with van der Waals surface area (Å²) in [6.07, 6.45) is 0.101. The number of nitrogens with two attached hydrogens (primary N) is 1. The van der Waals surface area contributed by atoms with Gasteiger partial charge >= 0.3 is 5.97 Å². The molecule has 2 rings (SSSR count). The fraction of sp³-hybridized carbons (Fsp3) is 0.400. The van der Waals surface area contributed by atoms with E-state index >= 15 is 0 Å². The Morgan fingerprint density at radius 2 is 2.15 bits per heavy atom. The number of carbonyl (C=O) groups is 1. The SMILES string of the molecule is CCOC(=O)C1=C(C)OC(N)=C(C#N)C1c1cccc(COC(C)C)c1. The van der Waals surface area contributed by atoms with Gasteiger partial charge in [0.1, 0.15) is 17.4 Å². The summed E-state index contributed by atoms with van der Waals surface area (Å²) in [5.74, 6) is -0.799. The maximum atomic E-state index is 12.5. The van der Waals surface area contributed by atoms with Gasteiger partial charge in [-0.25, -0.2) is 4.79 Å². The number of esters is 1. The van der Waals surface area contributed by atoms with E-state index in [9.17, 15) is 10.1 Å². The highest BCUT2D eigenvalue weighted by Crippen LogP contribution is 2.39. The zero-order chi connectivity index (χ0) is 19.3. The Morgan fingerprint density at radius 1 is 1.42 bits per heavy atom. The zero-order valence-electron chi connectivity index (χ0n) is 15.5. The Balaban J connectivity index is 2.50. The Kier molecular flexibility index (Phi) is 6.42. The molecule has 1 heterocycles. The number of hydrogen-bond acceptors (Lipinski definition) is 6. The quantitative estimate of drug-likeness (QED) is 0.786. The molecule has 1 aromatic carbocycles. The van der Waals surface area contributed by atoms with Crippen LogP contribution in [0, 0.1) is 11.3 Å². The molecule has 0 saturated heterocycles. The number of hydrogen-bond donors (Lipinski definition) is 1. The lowest BCUT2D eigenvalue weighted by molar-refractivity contribution is -0.139. The summed E-state index contributed by atoms with van der Waals surface area (Å²) in [5, 5.41) is 9.59. The lowest BCUT2D eigenvalue weighted by Gasteiger charge is -2.27. The van der Waals surface area contributed by atoms with E-state index < -0.39 is 11.9 Å². The van der Waals surface area contributed by atoms with Gasteiger partial charge < -0.3 is 19.9 Å². The average Bonchev–Trinajstić information content (AvgIpc) is 2.59. The molecule has 1 aromatic rings. The van der Waals surface area contributed by atoms with Crippen molar-refractivity contribution in [3.8, 4) is 6.07 Å². The number of benzene rings is 1. The van der Waals surface area contributed by atoms with Crippen LogP contribution in [0.2, 0.25) is 0 Å². The van der Waals surface area contributed by atoms with Crippen LogP contribution >= 0.6 is 0 Å². The number of nitrogens with zero attached hydrogens (tertiary/aromatic N) is 1. The third-order valence-electron chi connectivity index (χ3n) is 3.97. The molecule has 0 fully saturated rings. The summed E-state index contributed by atoms with van der Waals surface area (Å²) in [6.45, 7) is 7.96. The van der Waals surface area contributed by atoms with E-state index in [0.717, 1.165) is 11.1 Å². The maximum Gasteiger partial charge on any atom is 0.338 e. The van der Waals surface area contributed by atoms with Crippen molar-refractivity contribution in [3.63, 3.8) is 0 Å². The molecule has 1 aliphatic rings. The standard InChI is InChI=1S/C20H24N2O4/c1-5-24-20(23)17-13(4)26-19(22)16(10-21)18(17)15-8-6-7-14(9-15)11-25-12(2)3/h6-9,12,18H,5,11,22H2,1-4H3. The van der Waals surface area contributed by atoms with E-state index in [4.69, 9.17) is 19.9 Å². The first kappa shape index (κ1) is 19.5. The van der Waals surface area contributed by atoms with Gasteiger partial charge in [0.2, 0.25) is 5.88 Å². The second-order valence-electron chi connectivity index (χ2n) is 6.22. The minimum atomic E-state index is -0.633. The normalized spacial score (nSPS) is 17.2. The molecule has 0 amide bonds. The summed E-state index contributed by atoms with van der Waals surface area (Å²) < 4.78 is 16.2. The van der Waals surface area contributed by atoms with E-state index in [-0.39, 0.29) is 24.2 Å². The predicted octanol–water partition coefficient (Wildman–Crippen LogP) is 3.26. The number of carbonyl (C=O) groups excluding carboxylic acids is 1. The highest BCUT2D eigenvalue weighted by Gasteiger charge is 2.36. The monoisotopic (exact) mass is 356 g/mol. The highest BCUT2D eigenvalue weighted by atomic mass is 16.5. The van der Waals surface area contributed by atoms with Crippen molar-refractivity contribution in [1.29, 1.82) is 5.26 Å². The summed E-state index contributed by atoms with van der Waals surface area (Å²) in [5.41, 5.74) is 8.10. The van der Waals surface area contributed by atoms with Gasteiger partial charge in [-0.1, -0.05) is 24.3 Å². The molecule has 1 aliphatic heterocycles. The minimum absolute atomic E-state index is 0.00637. The molecule has 0 spiro atoms. The van der Waals surface area contributed by atoms with Gasteiger partial charge in [-0.05, 0) is 38.8 Å². The molecule has 138 valence electrons. The molecule has 0 aliphatic carbocycles. The number of nitriles is 1. The molecule has 0 aromatic heterocycles. The highest BCUT2D eigenvalue weighted by molar-refractivity contribution is 5.92. The van der Waals surface area contributed by atoms with Gasteiger partial charge in [0.15, 0.2) is 0 Å². The van der Waals surface area contributed by atoms with Crippen LogP contribution in [-0.4, -0.2) is 18.7 Å². The van der Waals surface area contributed by atoms with Crippen LogP contribution in [0.5, 0.6) is 0 Å². The van der Waals surface area contributed by atoms with Crippen molar-refractivity contribution >= 4 is 5.97 Å². The summed E-state index contributed by atoms with van der Waals surface area (Å²) in [4.78, 5) is 12.5. The molecular formula is C20H24N2O4. The second-order valence-corrected chi connectivity index (χ2v) is 6.22. The second kappa shape index (κ2) is 8.54. The predicted molar refractivity (Wildman–Crippen MR) is 96.4 cm³/mol. The van der Waals surface area contributed by atoms with Crippen LogP contribution in [-0.2, 0) is 25.6 Å². The molecule has 0 bridgehead atoms. The van der Waals surface area contributed by atoms with Crippen molar-refractivity contribution in [3.05, 3.63) is 58.2 Å². The summed E-state index contributed by atoms with van der Waals surface area (Å²) >= 11 is 0. The van der Waals surface area contributed by atoms with Gasteiger partial charge in [0.05, 0.1) is 30.8 Å². The first-order chi connectivity index (χ1) is 12.4. The molecule has 6 nitrogen and oxygen atoms in total. The minimum Gasteiger partial charge on any atom is -0.463 e. The van der Waals surface area contributed by atoms with Gasteiger partial charge in [0, 0.05) is 0 Å². The van der Waals surface area contributed by atoms with Crippen molar-refractivity contribution < 1.29 is 19.0 Å². The van der Waals surface area contributed by atoms with Crippen molar-refractivity contribution in [2.24, 2.45) is 5.73 Å². The molecule has 1 atom stereocenters. The first-order valence-electron chi connectivity index (χ1n) is 8.54. The van der Waals surface area contributed by atoms with E-state index in [1.807, 2.05) is 38.1 Å². The van der Waals surface area contributed by atoms with Crippen LogP contribution in [0.15, 0.2) is 47.1 Å². The third kappa shape index (κ3) is 4.24. The lowest BCUT2D eigenvalue weighted by Crippen LogP contribution is -2.25. The van der Waals surface area contributed by atoms with Crippen molar-refractivity contribution in [2.45, 2.75) is 46.3 Å². The smallest absolute Gasteiger partial charge is 0.338 e. The zero-order valence-corrected chi connectivity index (χ0v) is 15.5. The number of rotatable bonds is 6. The Hall–Kier alpha value is -2.78. The Morgan fingerprint density at radius 3 is 2.77 bits per heavy atom. The fourth-order valence-electron chi connectivity index (χ4n) is 2.81. The number of ether oxygens (including phenoxy) is 3. The van der Waals surface area contributed by atoms with Crippen LogP contribution < -0.4 is 5.73 Å². The summed E-state index contributed by atoms with van der Waals surface area (Å²) in [7, 11) is 0. The molecule has 6 heteroatoms. The van der Waals surface area contributed by atoms with Crippen LogP contribution in [0.4, 0.5) is 0 Å². The molecule has 2 N–H and O–H groups in total. The third-order valence-corrected chi connectivity index (χ3v) is 3.97. The van der Waals surface area contributed by atoms with Gasteiger partial charge in [-0.2, -0.15) is 5.26 Å². The van der Waals surface area contributed by atoms with Gasteiger partial charge in [-0.3, -0.25) is 0 Å². The number of allylic oxidation sites excluding steroid dienone is 2. The van der Waals surface area contributed by atoms with E-state index in [0.29, 0.717) is 17.9 Å². The van der Waals surface area contributed by atoms with Crippen LogP contribution in [0.25, 0.3) is 0 Å². The Labute approximate surface area is 153 Å². The topological polar surface area (TPSA) is 94.6 Å². The average molecular weight is 356 g/mol.